The van der Waals surface area contributed by atoms with E-state index in [-0.39, 0.29) is 11.4 Å². The summed E-state index contributed by atoms with van der Waals surface area (Å²) in [7, 11) is 1.76. The van der Waals surface area contributed by atoms with E-state index in [0.717, 1.165) is 31.7 Å². The van der Waals surface area contributed by atoms with E-state index in [1.54, 1.807) is 19.2 Å². The topological polar surface area (TPSA) is 47.9 Å². The summed E-state index contributed by atoms with van der Waals surface area (Å²) in [4.78, 5) is 15.8. The Balaban J connectivity index is 1.64. The molecule has 0 saturated heterocycles. The van der Waals surface area contributed by atoms with Crippen molar-refractivity contribution in [2.24, 2.45) is 4.99 Å². The van der Waals surface area contributed by atoms with E-state index in [0.29, 0.717) is 17.6 Å². The molecule has 0 unspecified atom stereocenters. The van der Waals surface area contributed by atoms with Gasteiger partial charge in [-0.3, -0.25) is 4.99 Å². The largest absolute Gasteiger partial charge is 0.423 e. The van der Waals surface area contributed by atoms with Gasteiger partial charge in [0.05, 0.1) is 17.4 Å². The highest BCUT2D eigenvalue weighted by Crippen LogP contribution is 2.34. The fraction of sp³-hybridized carbons (Fsp3) is 0.333. The van der Waals surface area contributed by atoms with Crippen molar-refractivity contribution in [2.45, 2.75) is 37.7 Å². The molecule has 1 fully saturated rings. The average molecular weight is 355 g/mol. The lowest BCUT2D eigenvalue weighted by Gasteiger charge is -2.27. The molecule has 3 rings (SSSR count). The van der Waals surface area contributed by atoms with E-state index in [1.165, 1.54) is 17.7 Å². The predicted molar refractivity (Wildman–Crippen MR) is 99.0 cm³/mol. The first-order chi connectivity index (χ1) is 12.6. The molecular weight excluding hydrogens is 333 g/mol. The van der Waals surface area contributed by atoms with Crippen molar-refractivity contribution in [3.05, 3.63) is 59.4 Å². The van der Waals surface area contributed by atoms with Crippen LogP contribution in [0.25, 0.3) is 0 Å². The van der Waals surface area contributed by atoms with Crippen LogP contribution in [0.1, 0.15) is 47.5 Å². The van der Waals surface area contributed by atoms with Crippen molar-refractivity contribution >= 4 is 18.4 Å². The maximum Gasteiger partial charge on any atom is 0.343 e. The van der Waals surface area contributed by atoms with Crippen LogP contribution in [0.3, 0.4) is 0 Å². The summed E-state index contributed by atoms with van der Waals surface area (Å²) in [6, 6.07) is 11.5. The van der Waals surface area contributed by atoms with Gasteiger partial charge >= 0.3 is 5.97 Å². The zero-order valence-electron chi connectivity index (χ0n) is 14.8. The molecule has 0 N–H and O–H groups in total. The smallest absolute Gasteiger partial charge is 0.343 e. The highest BCUT2D eigenvalue weighted by atomic mass is 19.1. The fourth-order valence-electron chi connectivity index (χ4n) is 3.37. The molecule has 1 aliphatic carbocycles. The van der Waals surface area contributed by atoms with Crippen LogP contribution < -0.4 is 4.74 Å². The molecule has 1 aliphatic rings. The van der Waals surface area contributed by atoms with E-state index in [1.807, 2.05) is 12.1 Å². The van der Waals surface area contributed by atoms with Gasteiger partial charge in [0.15, 0.2) is 5.82 Å². The molecule has 0 heterocycles. The SMILES string of the molecule is C=Nc1ccc(OC(=O)c2ccc(C3CCC(OC)CC3)cc2)cc1F. The minimum Gasteiger partial charge on any atom is -0.423 e. The number of aliphatic imine (C=N–C) groups is 1. The van der Waals surface area contributed by atoms with Crippen LogP contribution >= 0.6 is 0 Å². The maximum absolute atomic E-state index is 13.7. The molecule has 0 amide bonds. The molecule has 0 radical (unpaired) electrons. The number of carbonyl (C=O) groups is 1. The molecule has 136 valence electrons. The average Bonchev–Trinajstić information content (AvgIpc) is 2.68. The second-order valence-corrected chi connectivity index (χ2v) is 6.49. The van der Waals surface area contributed by atoms with Gasteiger partial charge in [-0.2, -0.15) is 0 Å². The molecular formula is C21H22FNO3. The molecule has 1 saturated carbocycles. The summed E-state index contributed by atoms with van der Waals surface area (Å²) < 4.78 is 24.3. The quantitative estimate of drug-likeness (QED) is 0.428. The summed E-state index contributed by atoms with van der Waals surface area (Å²) >= 11 is 0. The summed E-state index contributed by atoms with van der Waals surface area (Å²) in [6.45, 7) is 3.28. The Bertz CT molecular complexity index is 780. The number of methoxy groups -OCH3 is 1. The molecule has 2 aromatic carbocycles. The third-order valence-electron chi connectivity index (χ3n) is 4.93. The monoisotopic (exact) mass is 355 g/mol. The Morgan fingerprint density at radius 3 is 2.38 bits per heavy atom. The standard InChI is InChI=1S/C21H22FNO3/c1-23-20-12-11-18(13-19(20)22)26-21(24)16-5-3-14(4-6-16)15-7-9-17(25-2)10-8-15/h3-6,11-13,15,17H,1,7-10H2,2H3. The molecule has 0 bridgehead atoms. The first kappa shape index (κ1) is 18.3. The van der Waals surface area contributed by atoms with Crippen molar-refractivity contribution in [1.82, 2.24) is 0 Å². The number of rotatable bonds is 5. The number of ether oxygens (including phenoxy) is 2. The molecule has 0 atom stereocenters. The lowest BCUT2D eigenvalue weighted by Crippen LogP contribution is -2.19. The highest BCUT2D eigenvalue weighted by molar-refractivity contribution is 5.91. The zero-order chi connectivity index (χ0) is 18.5. The van der Waals surface area contributed by atoms with Gasteiger partial charge in [-0.25, -0.2) is 9.18 Å². The van der Waals surface area contributed by atoms with Crippen LogP contribution in [0.5, 0.6) is 5.75 Å². The van der Waals surface area contributed by atoms with Gasteiger partial charge in [0, 0.05) is 13.2 Å². The van der Waals surface area contributed by atoms with Crippen molar-refractivity contribution in [2.75, 3.05) is 7.11 Å². The lowest BCUT2D eigenvalue weighted by atomic mass is 9.82. The molecule has 5 heteroatoms. The number of hydrogen-bond acceptors (Lipinski definition) is 4. The van der Waals surface area contributed by atoms with Crippen LogP contribution in [0.15, 0.2) is 47.5 Å². The van der Waals surface area contributed by atoms with Gasteiger partial charge in [-0.15, -0.1) is 0 Å². The fourth-order valence-corrected chi connectivity index (χ4v) is 3.37. The molecule has 0 aromatic heterocycles. The number of halogens is 1. The normalized spacial score (nSPS) is 19.8. The second kappa shape index (κ2) is 8.23. The summed E-state index contributed by atoms with van der Waals surface area (Å²) in [5, 5.41) is 0. The number of hydrogen-bond donors (Lipinski definition) is 0. The minimum absolute atomic E-state index is 0.123. The van der Waals surface area contributed by atoms with Crippen LogP contribution in [0.4, 0.5) is 10.1 Å². The summed E-state index contributed by atoms with van der Waals surface area (Å²) in [5.74, 6) is -0.452. The first-order valence-electron chi connectivity index (χ1n) is 8.72. The number of esters is 1. The summed E-state index contributed by atoms with van der Waals surface area (Å²) in [5.41, 5.74) is 1.78. The molecule has 26 heavy (non-hydrogen) atoms. The Hall–Kier alpha value is -2.53. The third kappa shape index (κ3) is 4.17. The van der Waals surface area contributed by atoms with Crippen molar-refractivity contribution in [1.29, 1.82) is 0 Å². The van der Waals surface area contributed by atoms with Gasteiger partial charge in [0.2, 0.25) is 0 Å². The molecule has 2 aromatic rings. The Morgan fingerprint density at radius 1 is 1.12 bits per heavy atom. The zero-order valence-corrected chi connectivity index (χ0v) is 14.8. The number of nitrogens with zero attached hydrogens (tertiary/aromatic N) is 1. The van der Waals surface area contributed by atoms with E-state index < -0.39 is 11.8 Å². The molecule has 0 spiro atoms. The van der Waals surface area contributed by atoms with Crippen molar-refractivity contribution < 1.29 is 18.7 Å². The van der Waals surface area contributed by atoms with E-state index >= 15 is 0 Å². The lowest BCUT2D eigenvalue weighted by molar-refractivity contribution is 0.0659. The van der Waals surface area contributed by atoms with Gasteiger partial charge < -0.3 is 9.47 Å². The van der Waals surface area contributed by atoms with E-state index in [2.05, 4.69) is 11.7 Å². The highest BCUT2D eigenvalue weighted by Gasteiger charge is 2.22. The van der Waals surface area contributed by atoms with Crippen molar-refractivity contribution in [3.8, 4) is 5.75 Å². The van der Waals surface area contributed by atoms with E-state index in [4.69, 9.17) is 9.47 Å². The van der Waals surface area contributed by atoms with Gasteiger partial charge in [0.25, 0.3) is 0 Å². The van der Waals surface area contributed by atoms with Crippen LogP contribution in [0.2, 0.25) is 0 Å². The first-order valence-corrected chi connectivity index (χ1v) is 8.72. The Labute approximate surface area is 152 Å². The number of benzene rings is 2. The van der Waals surface area contributed by atoms with Gasteiger partial charge in [-0.05, 0) is 68.1 Å². The summed E-state index contributed by atoms with van der Waals surface area (Å²) in [6.07, 6.45) is 4.66. The molecule has 4 nitrogen and oxygen atoms in total. The number of carbonyl (C=O) groups excluding carboxylic acids is 1. The molecule has 0 aliphatic heterocycles. The van der Waals surface area contributed by atoms with Gasteiger partial charge in [-0.1, -0.05) is 12.1 Å². The third-order valence-corrected chi connectivity index (χ3v) is 4.93. The van der Waals surface area contributed by atoms with Gasteiger partial charge in [0.1, 0.15) is 5.75 Å². The Kier molecular flexibility index (Phi) is 5.78. The van der Waals surface area contributed by atoms with E-state index in [9.17, 15) is 9.18 Å². The Morgan fingerprint density at radius 2 is 1.81 bits per heavy atom. The second-order valence-electron chi connectivity index (χ2n) is 6.49. The maximum atomic E-state index is 13.7. The predicted octanol–water partition coefficient (Wildman–Crippen LogP) is 5.05. The van der Waals surface area contributed by atoms with Crippen LogP contribution in [0, 0.1) is 5.82 Å². The van der Waals surface area contributed by atoms with Crippen LogP contribution in [-0.4, -0.2) is 25.9 Å². The van der Waals surface area contributed by atoms with Crippen LogP contribution in [-0.2, 0) is 4.74 Å². The van der Waals surface area contributed by atoms with Crippen molar-refractivity contribution in [3.63, 3.8) is 0 Å². The minimum atomic E-state index is -0.577.